The second-order valence-electron chi connectivity index (χ2n) is 8.99. The van der Waals surface area contributed by atoms with Crippen LogP contribution in [0.3, 0.4) is 0 Å². The van der Waals surface area contributed by atoms with E-state index in [1.807, 2.05) is 60.6 Å². The highest BCUT2D eigenvalue weighted by atomic mass is 16.7. The van der Waals surface area contributed by atoms with Crippen LogP contribution in [0.25, 0.3) is 0 Å². The predicted octanol–water partition coefficient (Wildman–Crippen LogP) is 3.52. The van der Waals surface area contributed by atoms with Crippen LogP contribution < -0.4 is 10.8 Å². The monoisotopic (exact) mass is 370 g/mol. The first kappa shape index (κ1) is 19.6. The summed E-state index contributed by atoms with van der Waals surface area (Å²) < 4.78 is 17.4. The Balaban J connectivity index is 1.76. The van der Waals surface area contributed by atoms with Crippen molar-refractivity contribution in [1.29, 1.82) is 0 Å². The Hall–Kier alpha value is -2.12. The fourth-order valence-corrected chi connectivity index (χ4v) is 2.68. The number of hydrogen-bond donors (Lipinski definition) is 1. The fraction of sp³-hybridized carbons (Fsp3) is 0.500. The van der Waals surface area contributed by atoms with Gasteiger partial charge >= 0.3 is 7.12 Å². The zero-order valence-corrected chi connectivity index (χ0v) is 17.0. The number of benzene rings is 1. The zero-order valence-electron chi connectivity index (χ0n) is 17.0. The lowest BCUT2D eigenvalue weighted by Crippen LogP contribution is -2.41. The molecule has 1 N–H and O–H groups in total. The van der Waals surface area contributed by atoms with Gasteiger partial charge in [0, 0.05) is 17.0 Å². The van der Waals surface area contributed by atoms with Crippen LogP contribution in [0.2, 0.25) is 0 Å². The molecule has 1 aliphatic rings. The first-order valence-corrected chi connectivity index (χ1v) is 9.13. The van der Waals surface area contributed by atoms with Crippen molar-refractivity contribution in [3.05, 3.63) is 41.7 Å². The van der Waals surface area contributed by atoms with Crippen LogP contribution >= 0.6 is 0 Å². The molecule has 0 atom stereocenters. The molecule has 0 aliphatic carbocycles. The molecule has 1 fully saturated rings. The van der Waals surface area contributed by atoms with Gasteiger partial charge < -0.3 is 19.1 Å². The number of carbonyl (C=O) groups excluding carboxylic acids is 1. The number of hydrogen-bond acceptors (Lipinski definition) is 5. The van der Waals surface area contributed by atoms with Crippen molar-refractivity contribution in [2.45, 2.75) is 65.1 Å². The van der Waals surface area contributed by atoms with E-state index in [1.54, 1.807) is 18.2 Å². The Labute approximate surface area is 160 Å². The Morgan fingerprint density at radius 2 is 1.70 bits per heavy atom. The number of nitrogens with zero attached hydrogens (tertiary/aromatic N) is 1. The summed E-state index contributed by atoms with van der Waals surface area (Å²) in [5.74, 6) is 0.844. The third kappa shape index (κ3) is 3.94. The second kappa shape index (κ2) is 6.50. The average molecular weight is 370 g/mol. The summed E-state index contributed by atoms with van der Waals surface area (Å²) in [4.78, 5) is 12.6. The lowest BCUT2D eigenvalue weighted by molar-refractivity contribution is 0.00578. The van der Waals surface area contributed by atoms with Crippen molar-refractivity contribution >= 4 is 24.3 Å². The van der Waals surface area contributed by atoms with Crippen LogP contribution in [0.1, 0.15) is 64.6 Å². The summed E-state index contributed by atoms with van der Waals surface area (Å²) in [5, 5.41) is 6.71. The van der Waals surface area contributed by atoms with E-state index in [2.05, 4.69) is 10.5 Å². The minimum atomic E-state index is -0.512. The fourth-order valence-electron chi connectivity index (χ4n) is 2.68. The maximum atomic E-state index is 12.6. The predicted molar refractivity (Wildman–Crippen MR) is 105 cm³/mol. The molecule has 27 heavy (non-hydrogen) atoms. The van der Waals surface area contributed by atoms with Crippen molar-refractivity contribution < 1.29 is 18.6 Å². The van der Waals surface area contributed by atoms with E-state index in [0.717, 1.165) is 5.46 Å². The average Bonchev–Trinajstić information content (AvgIpc) is 3.10. The van der Waals surface area contributed by atoms with Crippen LogP contribution in [0.5, 0.6) is 0 Å². The molecule has 0 bridgehead atoms. The zero-order chi connectivity index (χ0) is 20.0. The van der Waals surface area contributed by atoms with Crippen molar-refractivity contribution in [3.63, 3.8) is 0 Å². The number of carbonyl (C=O) groups is 1. The van der Waals surface area contributed by atoms with Crippen LogP contribution in [0.15, 0.2) is 34.9 Å². The van der Waals surface area contributed by atoms with E-state index in [1.165, 1.54) is 0 Å². The van der Waals surface area contributed by atoms with Gasteiger partial charge in [-0.3, -0.25) is 4.79 Å². The molecule has 0 spiro atoms. The molecule has 2 heterocycles. The summed E-state index contributed by atoms with van der Waals surface area (Å²) in [6, 6.07) is 8.98. The van der Waals surface area contributed by atoms with Gasteiger partial charge in [-0.25, -0.2) is 0 Å². The first-order chi connectivity index (χ1) is 12.4. The molecule has 0 radical (unpaired) electrons. The van der Waals surface area contributed by atoms with Crippen LogP contribution in [0.4, 0.5) is 5.82 Å². The molecule has 0 saturated carbocycles. The summed E-state index contributed by atoms with van der Waals surface area (Å²) in [6.07, 6.45) is 0. The van der Waals surface area contributed by atoms with E-state index >= 15 is 0 Å². The van der Waals surface area contributed by atoms with E-state index in [0.29, 0.717) is 17.1 Å². The van der Waals surface area contributed by atoms with Crippen molar-refractivity contribution in [1.82, 2.24) is 5.16 Å². The lowest BCUT2D eigenvalue weighted by atomic mass is 9.78. The van der Waals surface area contributed by atoms with Gasteiger partial charge in [0.25, 0.3) is 5.91 Å². The smallest absolute Gasteiger partial charge is 0.399 e. The minimum absolute atomic E-state index is 0.174. The second-order valence-corrected chi connectivity index (χ2v) is 8.99. The third-order valence-electron chi connectivity index (χ3n) is 5.17. The van der Waals surface area contributed by atoms with E-state index in [4.69, 9.17) is 13.8 Å². The highest BCUT2D eigenvalue weighted by Gasteiger charge is 2.51. The standard InChI is InChI=1S/C20H27BN2O4/c1-18(2,3)15-12-16(23-25-15)22-17(24)13-9-8-10-14(11-13)21-26-19(4,5)20(6,7)27-21/h8-12H,1-7H3,(H,22,23,24). The number of rotatable bonds is 3. The van der Waals surface area contributed by atoms with Gasteiger partial charge in [-0.05, 0) is 45.3 Å². The van der Waals surface area contributed by atoms with E-state index in [-0.39, 0.29) is 11.3 Å². The first-order valence-electron chi connectivity index (χ1n) is 9.13. The molecule has 1 aromatic heterocycles. The van der Waals surface area contributed by atoms with E-state index in [9.17, 15) is 4.79 Å². The number of aromatic nitrogens is 1. The molecule has 1 amide bonds. The number of amides is 1. The molecular weight excluding hydrogens is 343 g/mol. The maximum absolute atomic E-state index is 12.6. The summed E-state index contributed by atoms with van der Waals surface area (Å²) in [5.41, 5.74) is 0.270. The number of nitrogens with one attached hydrogen (secondary N) is 1. The van der Waals surface area contributed by atoms with Crippen LogP contribution in [0, 0.1) is 0 Å². The third-order valence-corrected chi connectivity index (χ3v) is 5.17. The molecular formula is C20H27BN2O4. The lowest BCUT2D eigenvalue weighted by Gasteiger charge is -2.32. The molecule has 1 aromatic carbocycles. The van der Waals surface area contributed by atoms with Gasteiger partial charge in [0.1, 0.15) is 5.76 Å². The molecule has 1 saturated heterocycles. The van der Waals surface area contributed by atoms with Crippen LogP contribution in [-0.4, -0.2) is 29.4 Å². The van der Waals surface area contributed by atoms with Crippen molar-refractivity contribution in [3.8, 4) is 0 Å². The normalized spacial score (nSPS) is 18.6. The van der Waals surface area contributed by atoms with Gasteiger partial charge in [0.15, 0.2) is 5.82 Å². The van der Waals surface area contributed by atoms with Gasteiger partial charge in [-0.1, -0.05) is 38.1 Å². The van der Waals surface area contributed by atoms with E-state index < -0.39 is 18.3 Å². The summed E-state index contributed by atoms with van der Waals surface area (Å²) in [7, 11) is -0.512. The summed E-state index contributed by atoms with van der Waals surface area (Å²) >= 11 is 0. The Kier molecular flexibility index (Phi) is 4.72. The molecule has 1 aliphatic heterocycles. The Morgan fingerprint density at radius 3 is 2.26 bits per heavy atom. The summed E-state index contributed by atoms with van der Waals surface area (Å²) in [6.45, 7) is 14.1. The van der Waals surface area contributed by atoms with Crippen molar-refractivity contribution in [2.24, 2.45) is 0 Å². The molecule has 3 rings (SSSR count). The molecule has 0 unspecified atom stereocenters. The van der Waals surface area contributed by atoms with Gasteiger partial charge in [-0.15, -0.1) is 0 Å². The minimum Gasteiger partial charge on any atom is -0.399 e. The van der Waals surface area contributed by atoms with Gasteiger partial charge in [0.05, 0.1) is 11.2 Å². The molecule has 7 heteroatoms. The maximum Gasteiger partial charge on any atom is 0.494 e. The SMILES string of the molecule is CC(C)(C)c1cc(NC(=O)c2cccc(B3OC(C)(C)C(C)(C)O3)c2)no1. The van der Waals surface area contributed by atoms with Crippen LogP contribution in [-0.2, 0) is 14.7 Å². The molecule has 144 valence electrons. The topological polar surface area (TPSA) is 73.6 Å². The largest absolute Gasteiger partial charge is 0.494 e. The van der Waals surface area contributed by atoms with Gasteiger partial charge in [-0.2, -0.15) is 0 Å². The highest BCUT2D eigenvalue weighted by Crippen LogP contribution is 2.36. The highest BCUT2D eigenvalue weighted by molar-refractivity contribution is 6.62. The molecule has 2 aromatic rings. The Bertz CT molecular complexity index is 836. The quantitative estimate of drug-likeness (QED) is 0.837. The molecule has 6 nitrogen and oxygen atoms in total. The van der Waals surface area contributed by atoms with Crippen molar-refractivity contribution in [2.75, 3.05) is 5.32 Å². The Morgan fingerprint density at radius 1 is 1.07 bits per heavy atom. The van der Waals surface area contributed by atoms with Gasteiger partial charge in [0.2, 0.25) is 0 Å². The number of anilines is 1.